The molecule has 0 radical (unpaired) electrons. The molecule has 1 N–H and O–H groups in total. The van der Waals surface area contributed by atoms with Crippen LogP contribution in [0.25, 0.3) is 0 Å². The number of carboxylic acid groups (broad SMARTS) is 1. The second-order valence-corrected chi connectivity index (χ2v) is 4.29. The van der Waals surface area contributed by atoms with Gasteiger partial charge in [0.2, 0.25) is 0 Å². The summed E-state index contributed by atoms with van der Waals surface area (Å²) < 4.78 is 4.75. The van der Waals surface area contributed by atoms with Crippen molar-refractivity contribution in [3.63, 3.8) is 0 Å². The molecule has 0 bridgehead atoms. The number of hydrogen-bond acceptors (Lipinski definition) is 5. The minimum Gasteiger partial charge on any atom is -0.548 e. The molecule has 1 aromatic rings. The molecule has 0 fully saturated rings. The molecule has 0 aliphatic heterocycles. The van der Waals surface area contributed by atoms with Crippen LogP contribution in [0.5, 0.6) is 0 Å². The van der Waals surface area contributed by atoms with E-state index in [-0.39, 0.29) is 42.6 Å². The Morgan fingerprint density at radius 1 is 1.33 bits per heavy atom. The van der Waals surface area contributed by atoms with Gasteiger partial charge in [0.05, 0.1) is 18.6 Å². The van der Waals surface area contributed by atoms with Gasteiger partial charge in [-0.2, -0.15) is 0 Å². The maximum absolute atomic E-state index is 11.3. The van der Waals surface area contributed by atoms with Crippen LogP contribution in [0.2, 0.25) is 0 Å². The van der Waals surface area contributed by atoms with Gasteiger partial charge in [-0.1, -0.05) is 30.3 Å². The molecular formula is C15H18NNaO4. The fraction of sp³-hybridized carbons (Fsp3) is 0.333. The number of allylic oxidation sites excluding steroid dienone is 1. The molecule has 0 aromatic heterocycles. The first kappa shape index (κ1) is 19.7. The van der Waals surface area contributed by atoms with E-state index in [9.17, 15) is 14.7 Å². The topological polar surface area (TPSA) is 78.5 Å². The Kier molecular flexibility index (Phi) is 9.78. The number of hydrogen-bond donors (Lipinski definition) is 1. The van der Waals surface area contributed by atoms with Crippen LogP contribution in [0.15, 0.2) is 42.1 Å². The molecule has 108 valence electrons. The Labute approximate surface area is 146 Å². The van der Waals surface area contributed by atoms with Crippen LogP contribution in [0.3, 0.4) is 0 Å². The quantitative estimate of drug-likeness (QED) is 0.340. The van der Waals surface area contributed by atoms with Crippen LogP contribution in [0.1, 0.15) is 19.4 Å². The van der Waals surface area contributed by atoms with Crippen molar-refractivity contribution in [3.05, 3.63) is 47.7 Å². The van der Waals surface area contributed by atoms with E-state index in [1.165, 1.54) is 6.08 Å². The fourth-order valence-electron chi connectivity index (χ4n) is 1.72. The van der Waals surface area contributed by atoms with E-state index < -0.39 is 18.0 Å². The zero-order valence-electron chi connectivity index (χ0n) is 12.6. The molecule has 21 heavy (non-hydrogen) atoms. The molecule has 6 heteroatoms. The smallest absolute Gasteiger partial charge is 0.548 e. The van der Waals surface area contributed by atoms with Crippen molar-refractivity contribution >= 4 is 11.9 Å². The Morgan fingerprint density at radius 2 is 1.95 bits per heavy atom. The molecule has 5 nitrogen and oxygen atoms in total. The summed E-state index contributed by atoms with van der Waals surface area (Å²) in [4.78, 5) is 22.4. The van der Waals surface area contributed by atoms with Gasteiger partial charge < -0.3 is 20.0 Å². The summed E-state index contributed by atoms with van der Waals surface area (Å²) >= 11 is 0. The van der Waals surface area contributed by atoms with Crippen LogP contribution in [-0.4, -0.2) is 24.6 Å². The first-order chi connectivity index (χ1) is 9.52. The third-order valence-electron chi connectivity index (χ3n) is 2.59. The van der Waals surface area contributed by atoms with Crippen LogP contribution >= 0.6 is 0 Å². The molecule has 0 aliphatic rings. The first-order valence-corrected chi connectivity index (χ1v) is 6.39. The summed E-state index contributed by atoms with van der Waals surface area (Å²) in [6.45, 7) is 3.59. The Bertz CT molecular complexity index is 488. The van der Waals surface area contributed by atoms with E-state index in [4.69, 9.17) is 4.74 Å². The number of benzene rings is 1. The first-order valence-electron chi connectivity index (χ1n) is 6.39. The summed E-state index contributed by atoms with van der Waals surface area (Å²) in [6, 6.07) is 8.30. The fourth-order valence-corrected chi connectivity index (χ4v) is 1.72. The van der Waals surface area contributed by atoms with Gasteiger partial charge in [-0.25, -0.2) is 4.79 Å². The average Bonchev–Trinajstić information content (AvgIpc) is 2.39. The molecule has 1 atom stereocenters. The van der Waals surface area contributed by atoms with Crippen molar-refractivity contribution in [1.82, 2.24) is 5.32 Å². The van der Waals surface area contributed by atoms with Crippen molar-refractivity contribution in [3.8, 4) is 0 Å². The predicted molar refractivity (Wildman–Crippen MR) is 72.5 cm³/mol. The Morgan fingerprint density at radius 3 is 2.48 bits per heavy atom. The third-order valence-corrected chi connectivity index (χ3v) is 2.59. The van der Waals surface area contributed by atoms with E-state index in [2.05, 4.69) is 5.32 Å². The maximum Gasteiger partial charge on any atom is 1.00 e. The SMILES string of the molecule is CCOC(=O)C=C(C)NC(Cc1ccccc1)C(=O)[O-].[Na+]. The number of rotatable bonds is 7. The summed E-state index contributed by atoms with van der Waals surface area (Å²) in [6.07, 6.45) is 1.50. The number of carbonyl (C=O) groups is 2. The van der Waals surface area contributed by atoms with Gasteiger partial charge in [0.15, 0.2) is 0 Å². The Balaban J connectivity index is 0.00000400. The Hall–Kier alpha value is -1.30. The summed E-state index contributed by atoms with van der Waals surface area (Å²) in [5.41, 5.74) is 1.30. The molecule has 1 unspecified atom stereocenters. The van der Waals surface area contributed by atoms with Gasteiger partial charge in [-0.3, -0.25) is 0 Å². The predicted octanol–water partition coefficient (Wildman–Crippen LogP) is -2.59. The van der Waals surface area contributed by atoms with Crippen molar-refractivity contribution in [2.45, 2.75) is 26.3 Å². The summed E-state index contributed by atoms with van der Waals surface area (Å²) in [7, 11) is 0. The van der Waals surface area contributed by atoms with E-state index in [0.717, 1.165) is 5.56 Å². The van der Waals surface area contributed by atoms with Gasteiger partial charge in [-0.05, 0) is 25.8 Å². The van der Waals surface area contributed by atoms with Crippen LogP contribution in [0.4, 0.5) is 0 Å². The minimum atomic E-state index is -1.22. The number of aliphatic carboxylic acids is 1. The molecular weight excluding hydrogens is 281 g/mol. The second-order valence-electron chi connectivity index (χ2n) is 4.29. The minimum absolute atomic E-state index is 0. The van der Waals surface area contributed by atoms with Gasteiger partial charge in [0.1, 0.15) is 0 Å². The standard InChI is InChI=1S/C15H19NO4.Na/c1-3-20-14(17)9-11(2)16-13(15(18)19)10-12-7-5-4-6-8-12;/h4-9,13,16H,3,10H2,1-2H3,(H,18,19);/q;+1/p-1. The number of ether oxygens (including phenoxy) is 1. The van der Waals surface area contributed by atoms with Gasteiger partial charge in [-0.15, -0.1) is 0 Å². The van der Waals surface area contributed by atoms with Crippen LogP contribution in [-0.2, 0) is 20.7 Å². The van der Waals surface area contributed by atoms with Crippen LogP contribution < -0.4 is 40.0 Å². The molecule has 1 rings (SSSR count). The van der Waals surface area contributed by atoms with Crippen molar-refractivity contribution in [1.29, 1.82) is 0 Å². The molecule has 1 aromatic carbocycles. The maximum atomic E-state index is 11.3. The van der Waals surface area contributed by atoms with Crippen molar-refractivity contribution in [2.24, 2.45) is 0 Å². The number of nitrogens with one attached hydrogen (secondary N) is 1. The summed E-state index contributed by atoms with van der Waals surface area (Å²) in [5, 5.41) is 13.9. The van der Waals surface area contributed by atoms with E-state index in [1.54, 1.807) is 13.8 Å². The number of carboxylic acids is 1. The largest absolute Gasteiger partial charge is 1.00 e. The van der Waals surface area contributed by atoms with E-state index >= 15 is 0 Å². The number of esters is 1. The number of carbonyl (C=O) groups excluding carboxylic acids is 2. The van der Waals surface area contributed by atoms with Gasteiger partial charge >= 0.3 is 35.5 Å². The second kappa shape index (κ2) is 10.4. The monoisotopic (exact) mass is 299 g/mol. The van der Waals surface area contributed by atoms with E-state index in [1.807, 2.05) is 30.3 Å². The van der Waals surface area contributed by atoms with Gasteiger partial charge in [0.25, 0.3) is 0 Å². The molecule has 0 saturated heterocycles. The van der Waals surface area contributed by atoms with E-state index in [0.29, 0.717) is 5.70 Å². The average molecular weight is 299 g/mol. The third kappa shape index (κ3) is 7.90. The van der Waals surface area contributed by atoms with Gasteiger partial charge in [0, 0.05) is 11.8 Å². The molecule has 0 amide bonds. The molecule has 0 aliphatic carbocycles. The van der Waals surface area contributed by atoms with Crippen LogP contribution in [0, 0.1) is 0 Å². The summed E-state index contributed by atoms with van der Waals surface area (Å²) in [5.74, 6) is -1.72. The van der Waals surface area contributed by atoms with Crippen molar-refractivity contribution in [2.75, 3.05) is 6.61 Å². The zero-order chi connectivity index (χ0) is 15.0. The molecule has 0 heterocycles. The zero-order valence-corrected chi connectivity index (χ0v) is 14.6. The molecule has 0 saturated carbocycles. The van der Waals surface area contributed by atoms with Crippen molar-refractivity contribution < 1.29 is 49.0 Å². The normalized spacial score (nSPS) is 12.0. The molecule has 0 spiro atoms.